The highest BCUT2D eigenvalue weighted by Gasteiger charge is 2.37. The molecule has 0 aliphatic carbocycles. The largest absolute Gasteiger partial charge is 0.381 e. The van der Waals surface area contributed by atoms with Crippen LogP contribution in [0, 0.1) is 5.41 Å². The van der Waals surface area contributed by atoms with Gasteiger partial charge in [-0.15, -0.1) is 0 Å². The highest BCUT2D eigenvalue weighted by Crippen LogP contribution is 2.30. The lowest BCUT2D eigenvalue weighted by Crippen LogP contribution is -2.48. The second kappa shape index (κ2) is 7.58. The molecule has 2 fully saturated rings. The number of piperidine rings is 1. The SMILES string of the molecule is CCCNCC1(CN2CCC(OC)CC2)CCOC1. The van der Waals surface area contributed by atoms with Crippen molar-refractivity contribution in [1.29, 1.82) is 0 Å². The minimum Gasteiger partial charge on any atom is -0.381 e. The number of hydrogen-bond donors (Lipinski definition) is 1. The van der Waals surface area contributed by atoms with E-state index in [2.05, 4.69) is 17.1 Å². The Morgan fingerprint density at radius 1 is 1.37 bits per heavy atom. The summed E-state index contributed by atoms with van der Waals surface area (Å²) < 4.78 is 11.1. The van der Waals surface area contributed by atoms with E-state index in [4.69, 9.17) is 9.47 Å². The van der Waals surface area contributed by atoms with Gasteiger partial charge >= 0.3 is 0 Å². The van der Waals surface area contributed by atoms with Crippen LogP contribution in [0.15, 0.2) is 0 Å². The monoisotopic (exact) mass is 270 g/mol. The van der Waals surface area contributed by atoms with E-state index in [1.807, 2.05) is 7.11 Å². The summed E-state index contributed by atoms with van der Waals surface area (Å²) in [5, 5.41) is 3.60. The number of likely N-dealkylation sites (tertiary alicyclic amines) is 1. The lowest BCUT2D eigenvalue weighted by molar-refractivity contribution is 0.0235. The van der Waals surface area contributed by atoms with E-state index in [1.165, 1.54) is 45.3 Å². The highest BCUT2D eigenvalue weighted by molar-refractivity contribution is 4.89. The van der Waals surface area contributed by atoms with E-state index < -0.39 is 0 Å². The maximum absolute atomic E-state index is 5.68. The molecule has 2 rings (SSSR count). The molecule has 2 aliphatic heterocycles. The van der Waals surface area contributed by atoms with Gasteiger partial charge in [-0.05, 0) is 32.2 Å². The molecular formula is C15H30N2O2. The fraction of sp³-hybridized carbons (Fsp3) is 1.00. The van der Waals surface area contributed by atoms with Crippen LogP contribution in [0.3, 0.4) is 0 Å². The summed E-state index contributed by atoms with van der Waals surface area (Å²) in [5.74, 6) is 0. The molecule has 4 nitrogen and oxygen atoms in total. The van der Waals surface area contributed by atoms with Gasteiger partial charge in [0.25, 0.3) is 0 Å². The molecule has 19 heavy (non-hydrogen) atoms. The number of hydrogen-bond acceptors (Lipinski definition) is 4. The normalized spacial score (nSPS) is 30.0. The molecule has 0 saturated carbocycles. The Bertz CT molecular complexity index is 247. The van der Waals surface area contributed by atoms with Gasteiger partial charge in [-0.25, -0.2) is 0 Å². The molecule has 2 aliphatic rings. The predicted octanol–water partition coefficient (Wildman–Crippen LogP) is 1.50. The average Bonchev–Trinajstić information content (AvgIpc) is 2.89. The third kappa shape index (κ3) is 4.42. The van der Waals surface area contributed by atoms with E-state index >= 15 is 0 Å². The first-order valence-electron chi connectivity index (χ1n) is 7.81. The summed E-state index contributed by atoms with van der Waals surface area (Å²) >= 11 is 0. The maximum atomic E-state index is 5.68. The van der Waals surface area contributed by atoms with Crippen LogP contribution in [-0.2, 0) is 9.47 Å². The zero-order valence-electron chi connectivity index (χ0n) is 12.6. The van der Waals surface area contributed by atoms with Gasteiger partial charge in [-0.3, -0.25) is 0 Å². The Kier molecular flexibility index (Phi) is 6.07. The van der Waals surface area contributed by atoms with E-state index in [9.17, 15) is 0 Å². The smallest absolute Gasteiger partial charge is 0.0595 e. The van der Waals surface area contributed by atoms with E-state index in [1.54, 1.807) is 0 Å². The van der Waals surface area contributed by atoms with Crippen molar-refractivity contribution in [1.82, 2.24) is 10.2 Å². The zero-order valence-corrected chi connectivity index (χ0v) is 12.6. The zero-order chi connectivity index (χ0) is 13.6. The molecule has 0 spiro atoms. The first-order valence-corrected chi connectivity index (χ1v) is 7.81. The Morgan fingerprint density at radius 2 is 2.16 bits per heavy atom. The van der Waals surface area contributed by atoms with Gasteiger partial charge < -0.3 is 19.7 Å². The predicted molar refractivity (Wildman–Crippen MR) is 77.5 cm³/mol. The molecule has 0 radical (unpaired) electrons. The van der Waals surface area contributed by atoms with Crippen molar-refractivity contribution < 1.29 is 9.47 Å². The lowest BCUT2D eigenvalue weighted by Gasteiger charge is -2.38. The fourth-order valence-corrected chi connectivity index (χ4v) is 3.28. The molecule has 1 N–H and O–H groups in total. The molecule has 0 aromatic heterocycles. The number of methoxy groups -OCH3 is 1. The second-order valence-corrected chi connectivity index (χ2v) is 6.19. The van der Waals surface area contributed by atoms with E-state index in [-0.39, 0.29) is 0 Å². The Hall–Kier alpha value is -0.160. The fourth-order valence-electron chi connectivity index (χ4n) is 3.28. The molecule has 112 valence electrons. The molecule has 0 amide bonds. The van der Waals surface area contributed by atoms with Gasteiger partial charge in [0.2, 0.25) is 0 Å². The number of nitrogens with one attached hydrogen (secondary N) is 1. The Morgan fingerprint density at radius 3 is 2.74 bits per heavy atom. The molecule has 0 bridgehead atoms. The van der Waals surface area contributed by atoms with Crippen LogP contribution in [-0.4, -0.2) is 64.1 Å². The molecular weight excluding hydrogens is 240 g/mol. The van der Waals surface area contributed by atoms with Gasteiger partial charge in [0.05, 0.1) is 12.7 Å². The van der Waals surface area contributed by atoms with Crippen LogP contribution in [0.5, 0.6) is 0 Å². The van der Waals surface area contributed by atoms with Crippen molar-refractivity contribution in [3.8, 4) is 0 Å². The molecule has 4 heteroatoms. The Labute approximate surface area is 117 Å². The van der Waals surface area contributed by atoms with Gasteiger partial charge in [0, 0.05) is 45.3 Å². The first-order chi connectivity index (χ1) is 9.28. The lowest BCUT2D eigenvalue weighted by atomic mass is 9.85. The Balaban J connectivity index is 1.80. The topological polar surface area (TPSA) is 33.7 Å². The van der Waals surface area contributed by atoms with Crippen molar-refractivity contribution in [2.75, 3.05) is 53.0 Å². The van der Waals surface area contributed by atoms with E-state index in [0.717, 1.165) is 26.3 Å². The van der Waals surface area contributed by atoms with Crippen molar-refractivity contribution in [3.63, 3.8) is 0 Å². The van der Waals surface area contributed by atoms with Gasteiger partial charge in [0.15, 0.2) is 0 Å². The summed E-state index contributed by atoms with van der Waals surface area (Å²) in [6.45, 7) is 9.83. The highest BCUT2D eigenvalue weighted by atomic mass is 16.5. The van der Waals surface area contributed by atoms with Gasteiger partial charge in [0.1, 0.15) is 0 Å². The third-order valence-corrected chi connectivity index (χ3v) is 4.54. The standard InChI is InChI=1S/C15H30N2O2/c1-3-7-16-11-15(6-10-19-13-15)12-17-8-4-14(18-2)5-9-17/h14,16H,3-13H2,1-2H3. The summed E-state index contributed by atoms with van der Waals surface area (Å²) in [6.07, 6.45) is 5.24. The summed E-state index contributed by atoms with van der Waals surface area (Å²) in [6, 6.07) is 0. The molecule has 0 aromatic rings. The van der Waals surface area contributed by atoms with Crippen LogP contribution in [0.2, 0.25) is 0 Å². The molecule has 2 heterocycles. The number of rotatable bonds is 7. The second-order valence-electron chi connectivity index (χ2n) is 6.19. The molecule has 2 saturated heterocycles. The van der Waals surface area contributed by atoms with Crippen molar-refractivity contribution in [3.05, 3.63) is 0 Å². The summed E-state index contributed by atoms with van der Waals surface area (Å²) in [5.41, 5.74) is 0.342. The third-order valence-electron chi connectivity index (χ3n) is 4.54. The van der Waals surface area contributed by atoms with Crippen molar-refractivity contribution in [2.24, 2.45) is 5.41 Å². The molecule has 1 unspecified atom stereocenters. The van der Waals surface area contributed by atoms with Crippen LogP contribution >= 0.6 is 0 Å². The average molecular weight is 270 g/mol. The van der Waals surface area contributed by atoms with Crippen LogP contribution in [0.4, 0.5) is 0 Å². The maximum Gasteiger partial charge on any atom is 0.0595 e. The van der Waals surface area contributed by atoms with Crippen LogP contribution in [0.1, 0.15) is 32.6 Å². The number of nitrogens with zero attached hydrogens (tertiary/aromatic N) is 1. The van der Waals surface area contributed by atoms with E-state index in [0.29, 0.717) is 11.5 Å². The molecule has 0 aromatic carbocycles. The minimum absolute atomic E-state index is 0.342. The van der Waals surface area contributed by atoms with Gasteiger partial charge in [-0.2, -0.15) is 0 Å². The van der Waals surface area contributed by atoms with Crippen LogP contribution in [0.25, 0.3) is 0 Å². The van der Waals surface area contributed by atoms with Crippen LogP contribution < -0.4 is 5.32 Å². The number of ether oxygens (including phenoxy) is 2. The van der Waals surface area contributed by atoms with Gasteiger partial charge in [-0.1, -0.05) is 6.92 Å². The quantitative estimate of drug-likeness (QED) is 0.711. The summed E-state index contributed by atoms with van der Waals surface area (Å²) in [7, 11) is 1.83. The molecule has 1 atom stereocenters. The van der Waals surface area contributed by atoms with Crippen molar-refractivity contribution >= 4 is 0 Å². The summed E-state index contributed by atoms with van der Waals surface area (Å²) in [4.78, 5) is 2.61. The first kappa shape index (κ1) is 15.2. The minimum atomic E-state index is 0.342. The van der Waals surface area contributed by atoms with Crippen molar-refractivity contribution in [2.45, 2.75) is 38.7 Å².